The highest BCUT2D eigenvalue weighted by molar-refractivity contribution is 5.84. The lowest BCUT2D eigenvalue weighted by molar-refractivity contribution is -0.144. The predicted molar refractivity (Wildman–Crippen MR) is 228 cm³/mol. The molecule has 0 saturated heterocycles. The Bertz CT molecular complexity index is 846. The summed E-state index contributed by atoms with van der Waals surface area (Å²) in [5, 5.41) is 8.69. The molecule has 1 unspecified atom stereocenters. The Hall–Kier alpha value is -1.59. The molecule has 1 N–H and O–H groups in total. The molecule has 0 fully saturated rings. The molecule has 1 heterocycles. The Labute approximate surface area is 329 Å². The second-order valence-corrected chi connectivity index (χ2v) is 16.7. The second kappa shape index (κ2) is 38.7. The highest BCUT2D eigenvalue weighted by Gasteiger charge is 2.22. The molecule has 0 bridgehead atoms. The zero-order valence-corrected chi connectivity index (χ0v) is 35.6. The SMILES string of the molecule is CCCCCCCCOC(=O)CCCCCCCCCCCCCCCCCN1C(CCCCCCCCCCCCCCCCC(=O)O)=NCC1C. The van der Waals surface area contributed by atoms with Crippen molar-refractivity contribution in [3.05, 3.63) is 0 Å². The number of aliphatic carboxylic acids is 1. The molecule has 0 radical (unpaired) electrons. The van der Waals surface area contributed by atoms with Crippen molar-refractivity contribution in [3.63, 3.8) is 0 Å². The average Bonchev–Trinajstić information content (AvgIpc) is 3.50. The van der Waals surface area contributed by atoms with Gasteiger partial charge in [-0.05, 0) is 39.0 Å². The third kappa shape index (κ3) is 33.5. The summed E-state index contributed by atoms with van der Waals surface area (Å²) in [6.07, 6.45) is 47.5. The standard InChI is InChI=1S/C47H90N2O4/c1-3-4-5-6-32-37-42-53-47(52)40-35-30-26-22-18-14-8-7-11-15-19-23-27-31-36-41-49-44(2)43-48-45(49)38-33-28-24-20-16-12-9-10-13-17-21-25-29-34-39-46(50)51/h44H,3-43H2,1-2H3,(H,50,51). The van der Waals surface area contributed by atoms with Crippen molar-refractivity contribution in [1.29, 1.82) is 0 Å². The number of nitrogens with zero attached hydrogens (tertiary/aromatic N) is 2. The van der Waals surface area contributed by atoms with Crippen molar-refractivity contribution in [1.82, 2.24) is 4.90 Å². The highest BCUT2D eigenvalue weighted by Crippen LogP contribution is 2.19. The van der Waals surface area contributed by atoms with Gasteiger partial charge < -0.3 is 14.7 Å². The van der Waals surface area contributed by atoms with Gasteiger partial charge in [-0.3, -0.25) is 14.6 Å². The van der Waals surface area contributed by atoms with Gasteiger partial charge in [-0.2, -0.15) is 0 Å². The minimum atomic E-state index is -0.657. The van der Waals surface area contributed by atoms with Crippen molar-refractivity contribution in [2.45, 2.75) is 264 Å². The molecule has 0 aliphatic carbocycles. The van der Waals surface area contributed by atoms with E-state index in [1.54, 1.807) is 0 Å². The number of esters is 1. The van der Waals surface area contributed by atoms with E-state index in [1.807, 2.05) is 0 Å². The lowest BCUT2D eigenvalue weighted by atomic mass is 10.0. The monoisotopic (exact) mass is 747 g/mol. The Balaban J connectivity index is 1.81. The van der Waals surface area contributed by atoms with Crippen LogP contribution in [0.25, 0.3) is 0 Å². The van der Waals surface area contributed by atoms with E-state index >= 15 is 0 Å². The molecule has 312 valence electrons. The highest BCUT2D eigenvalue weighted by atomic mass is 16.5. The first kappa shape index (κ1) is 49.4. The van der Waals surface area contributed by atoms with Crippen molar-refractivity contribution < 1.29 is 19.4 Å². The van der Waals surface area contributed by atoms with Crippen LogP contribution in [-0.2, 0) is 14.3 Å². The van der Waals surface area contributed by atoms with Gasteiger partial charge in [0.15, 0.2) is 0 Å². The van der Waals surface area contributed by atoms with Crippen LogP contribution >= 0.6 is 0 Å². The first-order valence-corrected chi connectivity index (χ1v) is 23.7. The summed E-state index contributed by atoms with van der Waals surface area (Å²) < 4.78 is 5.39. The maximum atomic E-state index is 11.9. The maximum Gasteiger partial charge on any atom is 0.305 e. The molecule has 0 aromatic rings. The van der Waals surface area contributed by atoms with Crippen LogP contribution in [0, 0.1) is 0 Å². The fourth-order valence-electron chi connectivity index (χ4n) is 7.92. The first-order chi connectivity index (χ1) is 26.0. The molecule has 0 saturated carbocycles. The number of carboxylic acids is 1. The van der Waals surface area contributed by atoms with Crippen molar-refractivity contribution in [2.24, 2.45) is 4.99 Å². The maximum absolute atomic E-state index is 11.9. The zero-order valence-electron chi connectivity index (χ0n) is 35.6. The molecule has 0 amide bonds. The van der Waals surface area contributed by atoms with Crippen LogP contribution in [0.4, 0.5) is 0 Å². The number of amidine groups is 1. The summed E-state index contributed by atoms with van der Waals surface area (Å²) in [5.41, 5.74) is 0. The largest absolute Gasteiger partial charge is 0.481 e. The van der Waals surface area contributed by atoms with E-state index in [-0.39, 0.29) is 5.97 Å². The molecule has 1 aliphatic heterocycles. The average molecular weight is 747 g/mol. The van der Waals surface area contributed by atoms with Gasteiger partial charge in [-0.15, -0.1) is 0 Å². The van der Waals surface area contributed by atoms with Gasteiger partial charge in [0, 0.05) is 31.8 Å². The summed E-state index contributed by atoms with van der Waals surface area (Å²) >= 11 is 0. The van der Waals surface area contributed by atoms with Crippen LogP contribution < -0.4 is 0 Å². The van der Waals surface area contributed by atoms with E-state index in [2.05, 4.69) is 18.7 Å². The van der Waals surface area contributed by atoms with Crippen molar-refractivity contribution in [2.75, 3.05) is 19.7 Å². The molecule has 6 nitrogen and oxygen atoms in total. The molecule has 0 spiro atoms. The van der Waals surface area contributed by atoms with Crippen LogP contribution in [0.3, 0.4) is 0 Å². The van der Waals surface area contributed by atoms with E-state index in [1.165, 1.54) is 218 Å². The predicted octanol–water partition coefficient (Wildman–Crippen LogP) is 14.6. The second-order valence-electron chi connectivity index (χ2n) is 16.7. The Morgan fingerprint density at radius 3 is 1.38 bits per heavy atom. The van der Waals surface area contributed by atoms with Crippen LogP contribution in [0.1, 0.15) is 258 Å². The van der Waals surface area contributed by atoms with Gasteiger partial charge in [-0.25, -0.2) is 0 Å². The fourth-order valence-corrected chi connectivity index (χ4v) is 7.92. The number of hydrogen-bond donors (Lipinski definition) is 1. The van der Waals surface area contributed by atoms with Crippen molar-refractivity contribution >= 4 is 17.8 Å². The summed E-state index contributed by atoms with van der Waals surface area (Å²) in [6.45, 7) is 7.42. The molecule has 1 atom stereocenters. The summed E-state index contributed by atoms with van der Waals surface area (Å²) in [6, 6.07) is 0.595. The number of hydrogen-bond acceptors (Lipinski definition) is 5. The van der Waals surface area contributed by atoms with Crippen LogP contribution in [0.15, 0.2) is 4.99 Å². The molecule has 1 aliphatic rings. The summed E-state index contributed by atoms with van der Waals surface area (Å²) in [5.74, 6) is 0.754. The van der Waals surface area contributed by atoms with Gasteiger partial charge >= 0.3 is 11.9 Å². The summed E-state index contributed by atoms with van der Waals surface area (Å²) in [7, 11) is 0. The van der Waals surface area contributed by atoms with E-state index in [0.29, 0.717) is 25.5 Å². The molecule has 0 aromatic carbocycles. The van der Waals surface area contributed by atoms with Gasteiger partial charge in [0.25, 0.3) is 0 Å². The quantitative estimate of drug-likeness (QED) is 0.0497. The van der Waals surface area contributed by atoms with Crippen molar-refractivity contribution in [3.8, 4) is 0 Å². The number of carboxylic acid groups (broad SMARTS) is 1. The summed E-state index contributed by atoms with van der Waals surface area (Å²) in [4.78, 5) is 30.0. The molecule has 6 heteroatoms. The van der Waals surface area contributed by atoms with Gasteiger partial charge in [0.2, 0.25) is 0 Å². The van der Waals surface area contributed by atoms with E-state index in [4.69, 9.17) is 14.8 Å². The van der Waals surface area contributed by atoms with Gasteiger partial charge in [-0.1, -0.05) is 200 Å². The van der Waals surface area contributed by atoms with Gasteiger partial charge in [0.05, 0.1) is 19.0 Å². The molecular formula is C47H90N2O4. The van der Waals surface area contributed by atoms with Crippen LogP contribution in [0.5, 0.6) is 0 Å². The number of ether oxygens (including phenoxy) is 1. The Morgan fingerprint density at radius 1 is 0.547 bits per heavy atom. The lowest BCUT2D eigenvalue weighted by Crippen LogP contribution is -2.35. The van der Waals surface area contributed by atoms with E-state index in [0.717, 1.165) is 32.2 Å². The van der Waals surface area contributed by atoms with Gasteiger partial charge in [0.1, 0.15) is 0 Å². The topological polar surface area (TPSA) is 79.2 Å². The molecule has 0 aromatic heterocycles. The van der Waals surface area contributed by atoms with Crippen LogP contribution in [-0.4, -0.2) is 53.5 Å². The smallest absolute Gasteiger partial charge is 0.305 e. The third-order valence-corrected chi connectivity index (χ3v) is 11.5. The Kier molecular flexibility index (Phi) is 36.1. The molecule has 53 heavy (non-hydrogen) atoms. The molecular weight excluding hydrogens is 657 g/mol. The normalized spacial score (nSPS) is 14.3. The number of unbranched alkanes of at least 4 members (excludes halogenated alkanes) is 32. The number of aliphatic imine (C=N–C) groups is 1. The minimum absolute atomic E-state index is 0.0118. The number of carbonyl (C=O) groups is 2. The molecule has 1 rings (SSSR count). The lowest BCUT2D eigenvalue weighted by Gasteiger charge is -2.25. The third-order valence-electron chi connectivity index (χ3n) is 11.5. The zero-order chi connectivity index (χ0) is 38.3. The number of rotatable bonds is 42. The Morgan fingerprint density at radius 2 is 0.925 bits per heavy atom. The van der Waals surface area contributed by atoms with E-state index < -0.39 is 5.97 Å². The minimum Gasteiger partial charge on any atom is -0.481 e. The van der Waals surface area contributed by atoms with Crippen LogP contribution in [0.2, 0.25) is 0 Å². The van der Waals surface area contributed by atoms with E-state index in [9.17, 15) is 9.59 Å². The fraction of sp³-hybridized carbons (Fsp3) is 0.936. The first-order valence-electron chi connectivity index (χ1n) is 23.7. The number of carbonyl (C=O) groups excluding carboxylic acids is 1.